The van der Waals surface area contributed by atoms with Crippen LogP contribution in [0.15, 0.2) is 71.6 Å². The molecular formula is C31H34ClFN4O3. The van der Waals surface area contributed by atoms with E-state index >= 15 is 0 Å². The van der Waals surface area contributed by atoms with Crippen LogP contribution in [0.3, 0.4) is 0 Å². The summed E-state index contributed by atoms with van der Waals surface area (Å²) >= 11 is 5.86. The van der Waals surface area contributed by atoms with Gasteiger partial charge < -0.3 is 19.5 Å². The number of rotatable bonds is 6. The first-order valence-corrected chi connectivity index (χ1v) is 13.4. The Morgan fingerprint density at radius 2 is 1.85 bits per heavy atom. The molecular weight excluding hydrogens is 531 g/mol. The summed E-state index contributed by atoms with van der Waals surface area (Å²) in [6, 6.07) is 8.23. The van der Waals surface area contributed by atoms with E-state index in [1.165, 1.54) is 12.1 Å². The second-order valence-corrected chi connectivity index (χ2v) is 11.4. The van der Waals surface area contributed by atoms with E-state index in [0.29, 0.717) is 47.8 Å². The highest BCUT2D eigenvalue weighted by atomic mass is 35.5. The van der Waals surface area contributed by atoms with Crippen molar-refractivity contribution >= 4 is 34.5 Å². The van der Waals surface area contributed by atoms with Crippen LogP contribution in [0, 0.1) is 5.82 Å². The zero-order valence-corrected chi connectivity index (χ0v) is 24.4. The molecule has 4 rings (SSSR count). The Kier molecular flexibility index (Phi) is 7.94. The fourth-order valence-corrected chi connectivity index (χ4v) is 5.49. The van der Waals surface area contributed by atoms with Gasteiger partial charge in [0.2, 0.25) is 0 Å². The van der Waals surface area contributed by atoms with Gasteiger partial charge in [0, 0.05) is 49.5 Å². The summed E-state index contributed by atoms with van der Waals surface area (Å²) < 4.78 is 15.9. The number of aliphatic carboxylic acids is 1. The van der Waals surface area contributed by atoms with Gasteiger partial charge in [-0.2, -0.15) is 0 Å². The molecule has 0 atom stereocenters. The van der Waals surface area contributed by atoms with E-state index in [4.69, 9.17) is 16.6 Å². The van der Waals surface area contributed by atoms with E-state index in [9.17, 15) is 19.1 Å². The van der Waals surface area contributed by atoms with Crippen molar-refractivity contribution in [3.05, 3.63) is 88.1 Å². The number of allylic oxidation sites excluding steroid dienone is 2. The van der Waals surface area contributed by atoms with E-state index in [2.05, 4.69) is 11.5 Å². The Balaban J connectivity index is 1.56. The van der Waals surface area contributed by atoms with Crippen LogP contribution >= 0.6 is 11.6 Å². The zero-order valence-electron chi connectivity index (χ0n) is 23.7. The molecule has 1 saturated heterocycles. The van der Waals surface area contributed by atoms with E-state index in [1.54, 1.807) is 39.0 Å². The predicted molar refractivity (Wildman–Crippen MR) is 157 cm³/mol. The highest BCUT2D eigenvalue weighted by Gasteiger charge is 2.38. The van der Waals surface area contributed by atoms with Gasteiger partial charge in [0.05, 0.1) is 16.1 Å². The molecule has 1 aliphatic heterocycles. The number of hydrogen-bond acceptors (Lipinski definition) is 4. The molecule has 3 heterocycles. The average molecular weight is 565 g/mol. The fraction of sp³-hybridized carbons (Fsp3) is 0.323. The number of piperazine rings is 1. The van der Waals surface area contributed by atoms with Crippen molar-refractivity contribution in [3.63, 3.8) is 0 Å². The van der Waals surface area contributed by atoms with Gasteiger partial charge in [0.25, 0.3) is 5.91 Å². The molecule has 0 bridgehead atoms. The number of pyridine rings is 1. The second-order valence-electron chi connectivity index (χ2n) is 11.0. The Morgan fingerprint density at radius 3 is 2.45 bits per heavy atom. The highest BCUT2D eigenvalue weighted by molar-refractivity contribution is 6.30. The number of carbonyl (C=O) groups excluding carboxylic acids is 1. The SMILES string of the molecule is C=C(/C=C(/C)C(C(=O)O)=C(C)C)N1CCN(C(=O)c2ccc3c(-c4ccc(Cl)c(F)c4)cn(C)c3n2)C(C)(C)C1. The molecule has 3 aromatic rings. The van der Waals surface area contributed by atoms with E-state index in [1.807, 2.05) is 42.6 Å². The van der Waals surface area contributed by atoms with Crippen LogP contribution in [0.1, 0.15) is 45.1 Å². The van der Waals surface area contributed by atoms with Crippen LogP contribution in [0.2, 0.25) is 5.02 Å². The standard InChI is InChI=1S/C31H34ClFN4O3/c1-18(2)27(30(39)40)19(3)14-20(4)36-12-13-37(31(5,6)17-36)29(38)26-11-9-22-23(16-35(7)28(22)34-26)21-8-10-24(32)25(33)15-21/h8-11,14-16H,4,12-13,17H2,1-3,5-7H3,(H,39,40)/b19-14-. The number of benzene rings is 1. The monoisotopic (exact) mass is 564 g/mol. The molecule has 9 heteroatoms. The molecule has 1 amide bonds. The smallest absolute Gasteiger partial charge is 0.335 e. The largest absolute Gasteiger partial charge is 0.478 e. The third-order valence-electron chi connectivity index (χ3n) is 7.32. The molecule has 0 saturated carbocycles. The normalized spacial score (nSPS) is 15.3. The van der Waals surface area contributed by atoms with Crippen LogP contribution in [0.4, 0.5) is 4.39 Å². The third-order valence-corrected chi connectivity index (χ3v) is 7.62. The molecule has 40 heavy (non-hydrogen) atoms. The summed E-state index contributed by atoms with van der Waals surface area (Å²) in [5.41, 5.74) is 4.22. The summed E-state index contributed by atoms with van der Waals surface area (Å²) in [4.78, 5) is 34.0. The lowest BCUT2D eigenvalue weighted by Crippen LogP contribution is -2.60. The first kappa shape index (κ1) is 29.1. The molecule has 1 aliphatic rings. The molecule has 0 spiro atoms. The van der Waals surface area contributed by atoms with Gasteiger partial charge in [-0.15, -0.1) is 0 Å². The van der Waals surface area contributed by atoms with Crippen LogP contribution in [-0.4, -0.2) is 61.5 Å². The predicted octanol–water partition coefficient (Wildman–Crippen LogP) is 6.45. The van der Waals surface area contributed by atoms with Gasteiger partial charge in [-0.25, -0.2) is 14.2 Å². The lowest BCUT2D eigenvalue weighted by Gasteiger charge is -2.48. The zero-order chi connectivity index (χ0) is 29.5. The number of hydrogen-bond donors (Lipinski definition) is 1. The number of nitrogens with zero attached hydrogens (tertiary/aromatic N) is 4. The molecule has 1 N–H and O–H groups in total. The maximum absolute atomic E-state index is 14.1. The van der Waals surface area contributed by atoms with E-state index in [-0.39, 0.29) is 16.5 Å². The fourth-order valence-electron chi connectivity index (χ4n) is 5.37. The van der Waals surface area contributed by atoms with Gasteiger partial charge in [0.15, 0.2) is 0 Å². The Bertz CT molecular complexity index is 1600. The topological polar surface area (TPSA) is 78.7 Å². The van der Waals surface area contributed by atoms with Crippen molar-refractivity contribution in [2.75, 3.05) is 19.6 Å². The van der Waals surface area contributed by atoms with Crippen molar-refractivity contribution in [2.24, 2.45) is 7.05 Å². The average Bonchev–Trinajstić information content (AvgIpc) is 3.19. The summed E-state index contributed by atoms with van der Waals surface area (Å²) in [5.74, 6) is -1.64. The number of carbonyl (C=O) groups is 2. The molecule has 0 aliphatic carbocycles. The quantitative estimate of drug-likeness (QED) is 0.275. The molecule has 0 radical (unpaired) electrons. The van der Waals surface area contributed by atoms with Gasteiger partial charge in [-0.1, -0.05) is 29.8 Å². The Labute approximate surface area is 238 Å². The number of halogens is 2. The van der Waals surface area contributed by atoms with Crippen LogP contribution < -0.4 is 0 Å². The number of fused-ring (bicyclic) bond motifs is 1. The number of amides is 1. The summed E-state index contributed by atoms with van der Waals surface area (Å²) in [6.45, 7) is 15.0. The van der Waals surface area contributed by atoms with Crippen LogP contribution in [-0.2, 0) is 11.8 Å². The third kappa shape index (κ3) is 5.54. The minimum Gasteiger partial charge on any atom is -0.478 e. The molecule has 1 aromatic carbocycles. The van der Waals surface area contributed by atoms with E-state index in [0.717, 1.165) is 16.5 Å². The summed E-state index contributed by atoms with van der Waals surface area (Å²) in [7, 11) is 1.84. The van der Waals surface area contributed by atoms with Gasteiger partial charge in [-0.05, 0) is 76.1 Å². The number of carboxylic acid groups (broad SMARTS) is 1. The van der Waals surface area contributed by atoms with E-state index < -0.39 is 17.3 Å². The van der Waals surface area contributed by atoms with Crippen LogP contribution in [0.25, 0.3) is 22.2 Å². The van der Waals surface area contributed by atoms with Crippen molar-refractivity contribution in [2.45, 2.75) is 40.2 Å². The van der Waals surface area contributed by atoms with Crippen LogP contribution in [0.5, 0.6) is 0 Å². The number of carboxylic acids is 1. The lowest BCUT2D eigenvalue weighted by molar-refractivity contribution is -0.132. The molecule has 1 fully saturated rings. The van der Waals surface area contributed by atoms with Gasteiger partial charge in [-0.3, -0.25) is 4.79 Å². The van der Waals surface area contributed by atoms with Crippen molar-refractivity contribution in [1.82, 2.24) is 19.4 Å². The highest BCUT2D eigenvalue weighted by Crippen LogP contribution is 2.32. The van der Waals surface area contributed by atoms with Crippen molar-refractivity contribution < 1.29 is 19.1 Å². The van der Waals surface area contributed by atoms with Crippen molar-refractivity contribution in [3.8, 4) is 11.1 Å². The second kappa shape index (κ2) is 10.9. The minimum atomic E-state index is -0.965. The van der Waals surface area contributed by atoms with Gasteiger partial charge >= 0.3 is 5.97 Å². The Hall–Kier alpha value is -3.91. The molecule has 2 aromatic heterocycles. The van der Waals surface area contributed by atoms with Gasteiger partial charge in [0.1, 0.15) is 17.2 Å². The first-order chi connectivity index (χ1) is 18.7. The molecule has 7 nitrogen and oxygen atoms in total. The number of aromatic nitrogens is 2. The summed E-state index contributed by atoms with van der Waals surface area (Å²) in [6.07, 6.45) is 3.66. The summed E-state index contributed by atoms with van der Waals surface area (Å²) in [5, 5.41) is 10.4. The maximum Gasteiger partial charge on any atom is 0.335 e. The van der Waals surface area contributed by atoms with Crippen molar-refractivity contribution in [1.29, 1.82) is 0 Å². The Morgan fingerprint density at radius 1 is 1.15 bits per heavy atom. The maximum atomic E-state index is 14.1. The minimum absolute atomic E-state index is 0.0605. The molecule has 0 unspecified atom stereocenters. The first-order valence-electron chi connectivity index (χ1n) is 13.0. The lowest BCUT2D eigenvalue weighted by atomic mass is 9.96. The molecule has 210 valence electrons. The number of aryl methyl sites for hydroxylation is 1.